The first kappa shape index (κ1) is 11.9. The molecule has 0 aliphatic rings. The first-order chi connectivity index (χ1) is 6.66. The Balaban J connectivity index is 3.36. The van der Waals surface area contributed by atoms with Crippen molar-refractivity contribution < 1.29 is 30.4 Å². The molecule has 1 rings (SSSR count). The van der Waals surface area contributed by atoms with Crippen LogP contribution >= 0.6 is 0 Å². The fourth-order valence-electron chi connectivity index (χ4n) is 0.778. The highest BCUT2D eigenvalue weighted by Gasteiger charge is 2.47. The predicted octanol–water partition coefficient (Wildman–Crippen LogP) is 2.26. The van der Waals surface area contributed by atoms with Crippen LogP contribution in [0.3, 0.4) is 0 Å². The van der Waals surface area contributed by atoms with E-state index < -0.39 is 31.9 Å². The largest absolute Gasteiger partial charge is 0.501 e. The van der Waals surface area contributed by atoms with Crippen molar-refractivity contribution >= 4 is 9.84 Å². The zero-order valence-electron chi connectivity index (χ0n) is 6.85. The van der Waals surface area contributed by atoms with Crippen molar-refractivity contribution in [2.45, 2.75) is 10.4 Å². The minimum atomic E-state index is -5.62. The van der Waals surface area contributed by atoms with Crippen LogP contribution in [-0.2, 0) is 9.84 Å². The number of rotatable bonds is 1. The molecule has 0 fully saturated rings. The Morgan fingerprint density at radius 2 is 1.53 bits per heavy atom. The van der Waals surface area contributed by atoms with Gasteiger partial charge in [0.15, 0.2) is 11.6 Å². The Bertz CT molecular complexity index is 477. The van der Waals surface area contributed by atoms with Crippen LogP contribution in [0, 0.1) is 11.6 Å². The molecule has 0 spiro atoms. The van der Waals surface area contributed by atoms with Crippen LogP contribution in [0.2, 0.25) is 0 Å². The lowest BCUT2D eigenvalue weighted by atomic mass is 10.3. The summed E-state index contributed by atoms with van der Waals surface area (Å²) < 4.78 is 82.1. The Morgan fingerprint density at radius 1 is 1.00 bits per heavy atom. The molecule has 2 nitrogen and oxygen atoms in total. The lowest BCUT2D eigenvalue weighted by Gasteiger charge is -2.07. The number of benzene rings is 1. The van der Waals surface area contributed by atoms with E-state index in [0.29, 0.717) is 12.1 Å². The van der Waals surface area contributed by atoms with E-state index in [9.17, 15) is 30.4 Å². The molecule has 0 unspecified atom stereocenters. The van der Waals surface area contributed by atoms with Crippen LogP contribution in [0.4, 0.5) is 22.0 Å². The molecule has 0 heterocycles. The molecule has 84 valence electrons. The summed E-state index contributed by atoms with van der Waals surface area (Å²) in [5, 5.41) is 0. The third kappa shape index (κ3) is 2.09. The predicted molar refractivity (Wildman–Crippen MR) is 39.6 cm³/mol. The molecule has 1 aromatic rings. The minimum Gasteiger partial charge on any atom is -0.214 e. The fourth-order valence-corrected chi connectivity index (χ4v) is 1.55. The topological polar surface area (TPSA) is 34.1 Å². The molecule has 0 atom stereocenters. The van der Waals surface area contributed by atoms with Crippen molar-refractivity contribution in [2.24, 2.45) is 0 Å². The highest BCUT2D eigenvalue weighted by molar-refractivity contribution is 7.92. The van der Waals surface area contributed by atoms with Crippen molar-refractivity contribution in [3.63, 3.8) is 0 Å². The second-order valence-corrected chi connectivity index (χ2v) is 4.47. The molecule has 8 heteroatoms. The van der Waals surface area contributed by atoms with Gasteiger partial charge in [-0.15, -0.1) is 0 Å². The molecule has 0 bridgehead atoms. The van der Waals surface area contributed by atoms with Gasteiger partial charge in [-0.3, -0.25) is 0 Å². The van der Waals surface area contributed by atoms with Crippen molar-refractivity contribution in [3.05, 3.63) is 29.8 Å². The maximum Gasteiger partial charge on any atom is 0.501 e. The number of alkyl halides is 3. The summed E-state index contributed by atoms with van der Waals surface area (Å²) in [7, 11) is -5.62. The molecule has 0 aromatic heterocycles. The standard InChI is InChI=1S/C7H3F5O2S/c8-5-2-1-4(3-6(5)9)15(13,14)7(10,11)12/h1-3H. The van der Waals surface area contributed by atoms with Gasteiger partial charge in [-0.25, -0.2) is 17.2 Å². The molecular weight excluding hydrogens is 243 g/mol. The first-order valence-corrected chi connectivity index (χ1v) is 4.91. The summed E-state index contributed by atoms with van der Waals surface area (Å²) in [6.07, 6.45) is 0. The van der Waals surface area contributed by atoms with Crippen LogP contribution in [0.25, 0.3) is 0 Å². The summed E-state index contributed by atoms with van der Waals surface area (Å²) in [6.45, 7) is 0. The Hall–Kier alpha value is -1.18. The molecule has 0 saturated carbocycles. The van der Waals surface area contributed by atoms with Gasteiger partial charge in [0, 0.05) is 0 Å². The summed E-state index contributed by atoms with van der Waals surface area (Å²) in [4.78, 5) is -1.33. The molecule has 0 radical (unpaired) electrons. The average molecular weight is 246 g/mol. The maximum absolute atomic E-state index is 12.5. The molecular formula is C7H3F5O2S. The van der Waals surface area contributed by atoms with Gasteiger partial charge in [0.05, 0.1) is 4.90 Å². The van der Waals surface area contributed by atoms with Crippen LogP contribution < -0.4 is 0 Å². The van der Waals surface area contributed by atoms with E-state index in [2.05, 4.69) is 0 Å². The van der Waals surface area contributed by atoms with Gasteiger partial charge in [-0.1, -0.05) is 0 Å². The lowest BCUT2D eigenvalue weighted by molar-refractivity contribution is -0.0436. The highest BCUT2D eigenvalue weighted by Crippen LogP contribution is 2.30. The number of hydrogen-bond donors (Lipinski definition) is 0. The van der Waals surface area contributed by atoms with Gasteiger partial charge in [0.2, 0.25) is 0 Å². The lowest BCUT2D eigenvalue weighted by Crippen LogP contribution is -2.23. The third-order valence-electron chi connectivity index (χ3n) is 1.51. The van der Waals surface area contributed by atoms with Crippen molar-refractivity contribution in [1.29, 1.82) is 0 Å². The van der Waals surface area contributed by atoms with Crippen LogP contribution in [-0.4, -0.2) is 13.9 Å². The van der Waals surface area contributed by atoms with Crippen molar-refractivity contribution in [3.8, 4) is 0 Å². The zero-order chi connectivity index (χ0) is 11.9. The second kappa shape index (κ2) is 3.44. The molecule has 0 saturated heterocycles. The molecule has 1 aromatic carbocycles. The molecule has 0 aliphatic carbocycles. The number of halogens is 5. The van der Waals surface area contributed by atoms with Crippen LogP contribution in [0.1, 0.15) is 0 Å². The summed E-state index contributed by atoms with van der Waals surface area (Å²) in [5.41, 5.74) is -5.53. The van der Waals surface area contributed by atoms with Gasteiger partial charge in [0.25, 0.3) is 9.84 Å². The molecule has 0 N–H and O–H groups in total. The van der Waals surface area contributed by atoms with E-state index in [4.69, 9.17) is 0 Å². The van der Waals surface area contributed by atoms with E-state index in [1.54, 1.807) is 0 Å². The van der Waals surface area contributed by atoms with Gasteiger partial charge >= 0.3 is 5.51 Å². The Kier molecular flexibility index (Phi) is 2.73. The van der Waals surface area contributed by atoms with E-state index in [1.807, 2.05) is 0 Å². The Morgan fingerprint density at radius 3 is 1.93 bits per heavy atom. The molecule has 15 heavy (non-hydrogen) atoms. The van der Waals surface area contributed by atoms with Gasteiger partial charge in [0.1, 0.15) is 0 Å². The fraction of sp³-hybridized carbons (Fsp3) is 0.143. The average Bonchev–Trinajstić information content (AvgIpc) is 2.07. The Labute approximate surface area is 81.2 Å². The van der Waals surface area contributed by atoms with Crippen molar-refractivity contribution in [2.75, 3.05) is 0 Å². The van der Waals surface area contributed by atoms with Gasteiger partial charge in [-0.2, -0.15) is 13.2 Å². The minimum absolute atomic E-state index is 0.0157. The molecule has 0 amide bonds. The maximum atomic E-state index is 12.5. The smallest absolute Gasteiger partial charge is 0.214 e. The highest BCUT2D eigenvalue weighted by atomic mass is 32.2. The van der Waals surface area contributed by atoms with E-state index in [1.165, 1.54) is 0 Å². The third-order valence-corrected chi connectivity index (χ3v) is 2.99. The summed E-state index contributed by atoms with van der Waals surface area (Å²) >= 11 is 0. The monoisotopic (exact) mass is 246 g/mol. The molecule has 0 aliphatic heterocycles. The van der Waals surface area contributed by atoms with Crippen LogP contribution in [0.5, 0.6) is 0 Å². The first-order valence-electron chi connectivity index (χ1n) is 3.42. The number of hydrogen-bond acceptors (Lipinski definition) is 2. The quantitative estimate of drug-likeness (QED) is 0.562. The summed E-state index contributed by atoms with van der Waals surface area (Å²) in [5.74, 6) is -3.07. The second-order valence-electron chi connectivity index (χ2n) is 2.53. The summed E-state index contributed by atoms with van der Waals surface area (Å²) in [6, 6.07) is 0.646. The van der Waals surface area contributed by atoms with Gasteiger partial charge < -0.3 is 0 Å². The van der Waals surface area contributed by atoms with E-state index in [0.717, 1.165) is 0 Å². The van der Waals surface area contributed by atoms with E-state index >= 15 is 0 Å². The normalized spacial score (nSPS) is 12.9. The number of sulfone groups is 1. The van der Waals surface area contributed by atoms with Gasteiger partial charge in [-0.05, 0) is 18.2 Å². The van der Waals surface area contributed by atoms with Crippen LogP contribution in [0.15, 0.2) is 23.1 Å². The van der Waals surface area contributed by atoms with E-state index in [-0.39, 0.29) is 6.07 Å². The SMILES string of the molecule is O=S(=O)(c1ccc(F)c(F)c1)C(F)(F)F. The zero-order valence-corrected chi connectivity index (χ0v) is 7.66. The van der Waals surface area contributed by atoms with Crippen molar-refractivity contribution in [1.82, 2.24) is 0 Å².